The van der Waals surface area contributed by atoms with Gasteiger partial charge in [0.15, 0.2) is 0 Å². The number of nitrogens with one attached hydrogen (secondary N) is 1. The molecule has 0 aromatic heterocycles. The van der Waals surface area contributed by atoms with Crippen molar-refractivity contribution >= 4 is 35.2 Å². The van der Waals surface area contributed by atoms with E-state index < -0.39 is 24.1 Å². The van der Waals surface area contributed by atoms with E-state index in [0.717, 1.165) is 11.1 Å². The van der Waals surface area contributed by atoms with Gasteiger partial charge < -0.3 is 21.5 Å². The predicted octanol–water partition coefficient (Wildman–Crippen LogP) is 2.62. The van der Waals surface area contributed by atoms with E-state index in [9.17, 15) is 9.59 Å². The lowest BCUT2D eigenvalue weighted by atomic mass is 9.98. The quantitative estimate of drug-likeness (QED) is 0.714. The van der Waals surface area contributed by atoms with Crippen molar-refractivity contribution in [1.82, 2.24) is 5.32 Å². The standard InChI is InChI=1S/C17H17Cl2N3O3/c18-12-5-1-10(2-6-12)15(11-3-7-13(19)8-4-11)22-16(23)14(20)9-25-17(21)24/h1-8,14-15H,9,20H2,(H2,21,24)(H,22,23). The molecule has 6 nitrogen and oxygen atoms in total. The molecule has 0 spiro atoms. The Labute approximate surface area is 155 Å². The Hall–Kier alpha value is -2.28. The molecule has 1 atom stereocenters. The Balaban J connectivity index is 2.22. The summed E-state index contributed by atoms with van der Waals surface area (Å²) in [5, 5.41) is 3.99. The van der Waals surface area contributed by atoms with Crippen LogP contribution >= 0.6 is 23.2 Å². The van der Waals surface area contributed by atoms with Gasteiger partial charge in [-0.1, -0.05) is 47.5 Å². The van der Waals surface area contributed by atoms with Gasteiger partial charge in [0.2, 0.25) is 5.91 Å². The first kappa shape index (κ1) is 19.1. The SMILES string of the molecule is NC(=O)OCC(N)C(=O)NC(c1ccc(Cl)cc1)c1ccc(Cl)cc1. The summed E-state index contributed by atoms with van der Waals surface area (Å²) in [6.45, 7) is -0.310. The lowest BCUT2D eigenvalue weighted by molar-refractivity contribution is -0.123. The summed E-state index contributed by atoms with van der Waals surface area (Å²) < 4.78 is 4.57. The number of halogens is 2. The Kier molecular flexibility index (Phi) is 6.64. The summed E-state index contributed by atoms with van der Waals surface area (Å²) in [6, 6.07) is 12.6. The molecule has 132 valence electrons. The van der Waals surface area contributed by atoms with Gasteiger partial charge in [-0.3, -0.25) is 4.79 Å². The van der Waals surface area contributed by atoms with Crippen LogP contribution in [0.25, 0.3) is 0 Å². The molecule has 0 saturated heterocycles. The Morgan fingerprint density at radius 1 is 0.960 bits per heavy atom. The van der Waals surface area contributed by atoms with Crippen LogP contribution in [-0.4, -0.2) is 24.6 Å². The largest absolute Gasteiger partial charge is 0.447 e. The third-order valence-corrected chi connectivity index (χ3v) is 3.94. The zero-order valence-electron chi connectivity index (χ0n) is 13.1. The normalized spacial score (nSPS) is 11.8. The molecule has 0 fully saturated rings. The van der Waals surface area contributed by atoms with Crippen LogP contribution in [0.15, 0.2) is 48.5 Å². The summed E-state index contributed by atoms with van der Waals surface area (Å²) in [6.07, 6.45) is -0.991. The van der Waals surface area contributed by atoms with Gasteiger partial charge in [0.1, 0.15) is 12.6 Å². The van der Waals surface area contributed by atoms with Crippen LogP contribution in [-0.2, 0) is 9.53 Å². The third kappa shape index (κ3) is 5.63. The molecule has 2 aromatic carbocycles. The Morgan fingerprint density at radius 2 is 1.40 bits per heavy atom. The fraction of sp³-hybridized carbons (Fsp3) is 0.176. The van der Waals surface area contributed by atoms with E-state index in [1.165, 1.54) is 0 Å². The number of hydrogen-bond acceptors (Lipinski definition) is 4. The average molecular weight is 382 g/mol. The summed E-state index contributed by atoms with van der Waals surface area (Å²) in [5.74, 6) is -0.490. The molecule has 0 radical (unpaired) electrons. The molecule has 25 heavy (non-hydrogen) atoms. The topological polar surface area (TPSA) is 107 Å². The highest BCUT2D eigenvalue weighted by Crippen LogP contribution is 2.25. The fourth-order valence-electron chi connectivity index (χ4n) is 2.17. The van der Waals surface area contributed by atoms with Crippen molar-refractivity contribution in [2.45, 2.75) is 12.1 Å². The molecule has 2 aromatic rings. The molecular formula is C17H17Cl2N3O3. The van der Waals surface area contributed by atoms with Crippen LogP contribution < -0.4 is 16.8 Å². The monoisotopic (exact) mass is 381 g/mol. The van der Waals surface area contributed by atoms with Gasteiger partial charge in [-0.2, -0.15) is 0 Å². The second kappa shape index (κ2) is 8.71. The maximum absolute atomic E-state index is 12.3. The number of carbonyl (C=O) groups excluding carboxylic acids is 2. The first-order chi connectivity index (χ1) is 11.9. The number of rotatable bonds is 6. The zero-order valence-corrected chi connectivity index (χ0v) is 14.6. The minimum atomic E-state index is -1.05. The molecule has 0 aliphatic heterocycles. The van der Waals surface area contributed by atoms with Gasteiger partial charge >= 0.3 is 6.09 Å². The maximum Gasteiger partial charge on any atom is 0.404 e. The predicted molar refractivity (Wildman–Crippen MR) is 96.4 cm³/mol. The summed E-state index contributed by atoms with van der Waals surface area (Å²) in [7, 11) is 0. The van der Waals surface area contributed by atoms with Gasteiger partial charge in [0, 0.05) is 10.0 Å². The second-order valence-electron chi connectivity index (χ2n) is 5.28. The molecule has 2 amide bonds. The Bertz CT molecular complexity index is 690. The van der Waals surface area contributed by atoms with Crippen molar-refractivity contribution in [1.29, 1.82) is 0 Å². The average Bonchev–Trinajstić information content (AvgIpc) is 2.59. The van der Waals surface area contributed by atoms with Crippen molar-refractivity contribution in [3.63, 3.8) is 0 Å². The van der Waals surface area contributed by atoms with E-state index in [-0.39, 0.29) is 6.61 Å². The molecule has 0 saturated carbocycles. The smallest absolute Gasteiger partial charge is 0.404 e. The number of primary amides is 1. The van der Waals surface area contributed by atoms with Gasteiger partial charge in [0.25, 0.3) is 0 Å². The minimum absolute atomic E-state index is 0.310. The van der Waals surface area contributed by atoms with E-state index >= 15 is 0 Å². The molecule has 2 rings (SSSR count). The highest BCUT2D eigenvalue weighted by molar-refractivity contribution is 6.30. The maximum atomic E-state index is 12.3. The second-order valence-corrected chi connectivity index (χ2v) is 6.15. The molecule has 0 heterocycles. The van der Waals surface area contributed by atoms with E-state index in [2.05, 4.69) is 10.1 Å². The molecule has 1 unspecified atom stereocenters. The number of ether oxygens (including phenoxy) is 1. The molecule has 0 bridgehead atoms. The van der Waals surface area contributed by atoms with E-state index in [4.69, 9.17) is 34.7 Å². The lowest BCUT2D eigenvalue weighted by Gasteiger charge is -2.22. The van der Waals surface area contributed by atoms with Gasteiger partial charge in [-0.05, 0) is 35.4 Å². The minimum Gasteiger partial charge on any atom is -0.447 e. The summed E-state index contributed by atoms with van der Waals surface area (Å²) >= 11 is 11.9. The van der Waals surface area contributed by atoms with E-state index in [1.807, 2.05) is 0 Å². The third-order valence-electron chi connectivity index (χ3n) is 3.44. The number of carbonyl (C=O) groups is 2. The molecule has 5 N–H and O–H groups in total. The highest BCUT2D eigenvalue weighted by atomic mass is 35.5. The van der Waals surface area contributed by atoms with Crippen molar-refractivity contribution in [3.8, 4) is 0 Å². The number of nitrogens with two attached hydrogens (primary N) is 2. The molecule has 8 heteroatoms. The first-order valence-corrected chi connectivity index (χ1v) is 8.11. The first-order valence-electron chi connectivity index (χ1n) is 7.36. The summed E-state index contributed by atoms with van der Waals surface area (Å²) in [4.78, 5) is 23.0. The van der Waals surface area contributed by atoms with Gasteiger partial charge in [-0.15, -0.1) is 0 Å². The van der Waals surface area contributed by atoms with Crippen LogP contribution in [0.5, 0.6) is 0 Å². The van der Waals surface area contributed by atoms with Crippen LogP contribution in [0.3, 0.4) is 0 Å². The van der Waals surface area contributed by atoms with Crippen LogP contribution in [0, 0.1) is 0 Å². The number of amides is 2. The Morgan fingerprint density at radius 3 is 1.80 bits per heavy atom. The van der Waals surface area contributed by atoms with Crippen molar-refractivity contribution in [2.75, 3.05) is 6.61 Å². The van der Waals surface area contributed by atoms with Crippen molar-refractivity contribution in [2.24, 2.45) is 11.5 Å². The molecule has 0 aliphatic rings. The fourth-order valence-corrected chi connectivity index (χ4v) is 2.42. The van der Waals surface area contributed by atoms with Crippen LogP contribution in [0.2, 0.25) is 10.0 Å². The van der Waals surface area contributed by atoms with E-state index in [0.29, 0.717) is 10.0 Å². The number of benzene rings is 2. The summed E-state index contributed by atoms with van der Waals surface area (Å²) in [5.41, 5.74) is 12.2. The zero-order chi connectivity index (χ0) is 18.4. The van der Waals surface area contributed by atoms with Crippen molar-refractivity contribution in [3.05, 3.63) is 69.7 Å². The molecular weight excluding hydrogens is 365 g/mol. The van der Waals surface area contributed by atoms with Gasteiger partial charge in [-0.25, -0.2) is 4.79 Å². The van der Waals surface area contributed by atoms with Crippen molar-refractivity contribution < 1.29 is 14.3 Å². The van der Waals surface area contributed by atoms with Crippen LogP contribution in [0.4, 0.5) is 4.79 Å². The molecule has 0 aliphatic carbocycles. The van der Waals surface area contributed by atoms with Crippen LogP contribution in [0.1, 0.15) is 17.2 Å². The number of hydrogen-bond donors (Lipinski definition) is 3. The lowest BCUT2D eigenvalue weighted by Crippen LogP contribution is -2.45. The highest BCUT2D eigenvalue weighted by Gasteiger charge is 2.22. The van der Waals surface area contributed by atoms with Gasteiger partial charge in [0.05, 0.1) is 6.04 Å². The van der Waals surface area contributed by atoms with E-state index in [1.54, 1.807) is 48.5 Å².